The fraction of sp³-hybridized carbons (Fsp3) is 0.480. The normalized spacial score (nSPS) is 11.3. The van der Waals surface area contributed by atoms with E-state index in [4.69, 9.17) is 4.74 Å². The van der Waals surface area contributed by atoms with Crippen LogP contribution in [-0.2, 0) is 0 Å². The molecule has 0 atom stereocenters. The van der Waals surface area contributed by atoms with Crippen molar-refractivity contribution in [3.63, 3.8) is 0 Å². The SMILES string of the molecule is O=c1c2ccccc2sc2ccc(OCCCCCCCCCCCCS)cc12. The summed E-state index contributed by atoms with van der Waals surface area (Å²) >= 11 is 5.91. The fourth-order valence-corrected chi connectivity index (χ4v) is 4.97. The average molecular weight is 429 g/mol. The molecule has 0 amide bonds. The van der Waals surface area contributed by atoms with E-state index in [1.165, 1.54) is 57.8 Å². The van der Waals surface area contributed by atoms with E-state index in [0.717, 1.165) is 44.7 Å². The predicted octanol–water partition coefficient (Wildman–Crippen LogP) is 7.62. The highest BCUT2D eigenvalue weighted by molar-refractivity contribution is 7.80. The number of ether oxygens (including phenoxy) is 1. The fourth-order valence-electron chi connectivity index (χ4n) is 3.69. The standard InChI is InChI=1S/C25H32O2S2/c26-25-21-13-9-10-14-23(21)29-24-16-15-20(19-22(24)25)27-17-11-7-5-3-1-2-4-6-8-12-18-28/h9-10,13-16,19,28H,1-8,11-12,17-18H2. The average Bonchev–Trinajstić information content (AvgIpc) is 2.75. The summed E-state index contributed by atoms with van der Waals surface area (Å²) in [6.45, 7) is 0.723. The van der Waals surface area contributed by atoms with Crippen molar-refractivity contribution >= 4 is 44.1 Å². The Morgan fingerprint density at radius 3 is 2.07 bits per heavy atom. The molecule has 1 aromatic heterocycles. The van der Waals surface area contributed by atoms with E-state index in [1.807, 2.05) is 42.5 Å². The molecule has 0 aliphatic heterocycles. The van der Waals surface area contributed by atoms with Crippen molar-refractivity contribution in [1.82, 2.24) is 0 Å². The number of rotatable bonds is 13. The van der Waals surface area contributed by atoms with Crippen LogP contribution >= 0.6 is 24.0 Å². The van der Waals surface area contributed by atoms with Crippen LogP contribution in [-0.4, -0.2) is 12.4 Å². The quantitative estimate of drug-likeness (QED) is 0.172. The minimum Gasteiger partial charge on any atom is -0.494 e. The lowest BCUT2D eigenvalue weighted by Crippen LogP contribution is -2.02. The van der Waals surface area contributed by atoms with Gasteiger partial charge >= 0.3 is 0 Å². The first-order valence-electron chi connectivity index (χ1n) is 11.0. The molecular weight excluding hydrogens is 396 g/mol. The van der Waals surface area contributed by atoms with Gasteiger partial charge in [0.25, 0.3) is 0 Å². The zero-order valence-electron chi connectivity index (χ0n) is 17.2. The second-order valence-electron chi connectivity index (χ2n) is 7.69. The summed E-state index contributed by atoms with van der Waals surface area (Å²) in [5.41, 5.74) is 0.102. The van der Waals surface area contributed by atoms with Gasteiger partial charge in [0.2, 0.25) is 0 Å². The van der Waals surface area contributed by atoms with Gasteiger partial charge in [-0.05, 0) is 48.9 Å². The second kappa shape index (κ2) is 12.2. The van der Waals surface area contributed by atoms with Crippen LogP contribution in [0.3, 0.4) is 0 Å². The van der Waals surface area contributed by atoms with E-state index >= 15 is 0 Å². The lowest BCUT2D eigenvalue weighted by Gasteiger charge is -2.08. The predicted molar refractivity (Wildman–Crippen MR) is 131 cm³/mol. The van der Waals surface area contributed by atoms with E-state index in [1.54, 1.807) is 11.3 Å². The van der Waals surface area contributed by atoms with Crippen molar-refractivity contribution in [2.24, 2.45) is 0 Å². The number of thiol groups is 1. The number of unbranched alkanes of at least 4 members (excludes halogenated alkanes) is 9. The molecule has 0 N–H and O–H groups in total. The Bertz CT molecular complexity index is 948. The van der Waals surface area contributed by atoms with Crippen LogP contribution in [0.1, 0.15) is 64.2 Å². The molecule has 0 unspecified atom stereocenters. The maximum atomic E-state index is 12.8. The molecule has 0 spiro atoms. The van der Waals surface area contributed by atoms with Crippen molar-refractivity contribution in [3.8, 4) is 5.75 Å². The Morgan fingerprint density at radius 2 is 1.34 bits per heavy atom. The Kier molecular flexibility index (Phi) is 9.36. The summed E-state index contributed by atoms with van der Waals surface area (Å²) in [5, 5.41) is 1.56. The molecule has 3 rings (SSSR count). The van der Waals surface area contributed by atoms with Gasteiger partial charge in [-0.1, -0.05) is 63.5 Å². The number of benzene rings is 2. The molecule has 4 heteroatoms. The zero-order chi connectivity index (χ0) is 20.3. The third kappa shape index (κ3) is 6.75. The zero-order valence-corrected chi connectivity index (χ0v) is 18.9. The molecule has 156 valence electrons. The van der Waals surface area contributed by atoms with Crippen LogP contribution in [0.2, 0.25) is 0 Å². The van der Waals surface area contributed by atoms with Gasteiger partial charge < -0.3 is 4.74 Å². The first kappa shape index (κ1) is 22.2. The lowest BCUT2D eigenvalue weighted by molar-refractivity contribution is 0.304. The maximum absolute atomic E-state index is 12.8. The van der Waals surface area contributed by atoms with Gasteiger partial charge in [0.15, 0.2) is 5.43 Å². The highest BCUT2D eigenvalue weighted by Crippen LogP contribution is 2.27. The van der Waals surface area contributed by atoms with Gasteiger partial charge in [-0.15, -0.1) is 11.3 Å². The molecule has 0 fully saturated rings. The van der Waals surface area contributed by atoms with E-state index in [2.05, 4.69) is 12.6 Å². The van der Waals surface area contributed by atoms with Crippen LogP contribution in [0.4, 0.5) is 0 Å². The topological polar surface area (TPSA) is 26.3 Å². The molecule has 0 aliphatic carbocycles. The van der Waals surface area contributed by atoms with Gasteiger partial charge in [0.05, 0.1) is 6.61 Å². The highest BCUT2D eigenvalue weighted by atomic mass is 32.1. The van der Waals surface area contributed by atoms with Gasteiger partial charge in [0, 0.05) is 20.2 Å². The van der Waals surface area contributed by atoms with Crippen LogP contribution in [0.25, 0.3) is 20.2 Å². The van der Waals surface area contributed by atoms with Crippen molar-refractivity contribution in [2.45, 2.75) is 64.2 Å². The summed E-state index contributed by atoms with van der Waals surface area (Å²) < 4.78 is 7.98. The number of fused-ring (bicyclic) bond motifs is 2. The van der Waals surface area contributed by atoms with Crippen LogP contribution in [0.15, 0.2) is 47.3 Å². The minimum atomic E-state index is 0.102. The molecule has 3 aromatic rings. The summed E-state index contributed by atoms with van der Waals surface area (Å²) in [6, 6.07) is 13.7. The minimum absolute atomic E-state index is 0.102. The van der Waals surface area contributed by atoms with Gasteiger partial charge in [-0.2, -0.15) is 12.6 Å². The summed E-state index contributed by atoms with van der Waals surface area (Å²) in [5.74, 6) is 1.83. The van der Waals surface area contributed by atoms with Gasteiger partial charge in [-0.25, -0.2) is 0 Å². The van der Waals surface area contributed by atoms with E-state index in [9.17, 15) is 4.79 Å². The Morgan fingerprint density at radius 1 is 0.724 bits per heavy atom. The summed E-state index contributed by atoms with van der Waals surface area (Å²) in [6.07, 6.45) is 13.0. The molecule has 0 aliphatic rings. The molecule has 0 radical (unpaired) electrons. The van der Waals surface area contributed by atoms with Crippen LogP contribution < -0.4 is 10.2 Å². The Hall–Kier alpha value is -1.52. The largest absolute Gasteiger partial charge is 0.494 e. The molecule has 0 saturated heterocycles. The molecule has 2 aromatic carbocycles. The highest BCUT2D eigenvalue weighted by Gasteiger charge is 2.07. The first-order valence-corrected chi connectivity index (χ1v) is 12.4. The lowest BCUT2D eigenvalue weighted by atomic mass is 10.1. The van der Waals surface area contributed by atoms with Crippen molar-refractivity contribution in [1.29, 1.82) is 0 Å². The number of hydrogen-bond acceptors (Lipinski definition) is 4. The van der Waals surface area contributed by atoms with Crippen molar-refractivity contribution in [2.75, 3.05) is 12.4 Å². The monoisotopic (exact) mass is 428 g/mol. The third-order valence-electron chi connectivity index (χ3n) is 5.37. The molecule has 0 saturated carbocycles. The van der Waals surface area contributed by atoms with Gasteiger partial charge in [0.1, 0.15) is 5.75 Å². The molecule has 0 bridgehead atoms. The third-order valence-corrected chi connectivity index (χ3v) is 6.84. The Labute approximate surface area is 183 Å². The smallest absolute Gasteiger partial charge is 0.196 e. The Balaban J connectivity index is 1.37. The number of hydrogen-bond donors (Lipinski definition) is 1. The summed E-state index contributed by atoms with van der Waals surface area (Å²) in [7, 11) is 0. The van der Waals surface area contributed by atoms with Crippen molar-refractivity contribution in [3.05, 3.63) is 52.7 Å². The van der Waals surface area contributed by atoms with Crippen LogP contribution in [0.5, 0.6) is 5.75 Å². The first-order chi connectivity index (χ1) is 14.3. The molecule has 2 nitrogen and oxygen atoms in total. The van der Waals surface area contributed by atoms with E-state index < -0.39 is 0 Å². The molecule has 29 heavy (non-hydrogen) atoms. The molecule has 1 heterocycles. The molecular formula is C25H32O2S2. The van der Waals surface area contributed by atoms with Crippen LogP contribution in [0, 0.1) is 0 Å². The summed E-state index contributed by atoms with van der Waals surface area (Å²) in [4.78, 5) is 12.8. The van der Waals surface area contributed by atoms with E-state index in [0.29, 0.717) is 0 Å². The van der Waals surface area contributed by atoms with Gasteiger partial charge in [-0.3, -0.25) is 4.79 Å². The van der Waals surface area contributed by atoms with Crippen molar-refractivity contribution < 1.29 is 4.74 Å². The maximum Gasteiger partial charge on any atom is 0.196 e. The van der Waals surface area contributed by atoms with E-state index in [-0.39, 0.29) is 5.43 Å². The second-order valence-corrected chi connectivity index (χ2v) is 9.22.